The van der Waals surface area contributed by atoms with Crippen molar-refractivity contribution in [2.24, 2.45) is 5.73 Å². The molecule has 21 heavy (non-hydrogen) atoms. The van der Waals surface area contributed by atoms with Crippen molar-refractivity contribution in [2.45, 2.75) is 44.9 Å². The normalized spacial score (nSPS) is 13.5. The van der Waals surface area contributed by atoms with E-state index in [-0.39, 0.29) is 0 Å². The molecule has 1 fully saturated rings. The minimum atomic E-state index is 0.294. The van der Waals surface area contributed by atoms with E-state index in [1.54, 1.807) is 18.5 Å². The summed E-state index contributed by atoms with van der Waals surface area (Å²) in [6.45, 7) is 3.61. The van der Waals surface area contributed by atoms with E-state index in [0.717, 1.165) is 32.2 Å². The number of hydrogen-bond donors (Lipinski definition) is 3. The fraction of sp³-hybridized carbons (Fsp3) is 0.733. The molecule has 0 bridgehead atoms. The Morgan fingerprint density at radius 2 is 1.67 bits per heavy atom. The zero-order chi connectivity index (χ0) is 15.6. The zero-order valence-electron chi connectivity index (χ0n) is 12.8. The Labute approximate surface area is 133 Å². The number of nitrogens with zero attached hydrogens (tertiary/aromatic N) is 2. The van der Waals surface area contributed by atoms with Crippen LogP contribution in [0.2, 0.25) is 5.28 Å². The molecule has 1 saturated heterocycles. The summed E-state index contributed by atoms with van der Waals surface area (Å²) in [5.74, 6) is 0. The van der Waals surface area contributed by atoms with Crippen molar-refractivity contribution in [1.82, 2.24) is 15.3 Å². The quantitative estimate of drug-likeness (QED) is 0.574. The van der Waals surface area contributed by atoms with E-state index in [9.17, 15) is 0 Å². The lowest BCUT2D eigenvalue weighted by molar-refractivity contribution is 0.282. The SMILES string of the molecule is C1CCNCC1.Clc1ncccn1.NCCCCCCO. The summed E-state index contributed by atoms with van der Waals surface area (Å²) in [6.07, 6.45) is 11.7. The number of rotatable bonds is 5. The van der Waals surface area contributed by atoms with Gasteiger partial charge in [0.05, 0.1) is 0 Å². The molecular weight excluding hydrogens is 288 g/mol. The smallest absolute Gasteiger partial charge is 0.222 e. The predicted octanol–water partition coefficient (Wildman–Crippen LogP) is 2.39. The average molecular weight is 317 g/mol. The Bertz CT molecular complexity index is 279. The Balaban J connectivity index is 0.000000288. The number of halogens is 1. The van der Waals surface area contributed by atoms with Crippen molar-refractivity contribution in [2.75, 3.05) is 26.2 Å². The largest absolute Gasteiger partial charge is 0.396 e. The summed E-state index contributed by atoms with van der Waals surface area (Å²) in [5, 5.41) is 11.9. The summed E-state index contributed by atoms with van der Waals surface area (Å²) in [4.78, 5) is 7.27. The summed E-state index contributed by atoms with van der Waals surface area (Å²) < 4.78 is 0. The van der Waals surface area contributed by atoms with Crippen LogP contribution in [0.3, 0.4) is 0 Å². The number of aliphatic hydroxyl groups is 1. The van der Waals surface area contributed by atoms with Crippen LogP contribution in [0.5, 0.6) is 0 Å². The van der Waals surface area contributed by atoms with E-state index >= 15 is 0 Å². The standard InChI is InChI=1S/C6H15NO.C5H11N.C4H3ClN2/c7-5-3-1-2-4-6-8;1-2-4-6-5-3-1;5-4-6-2-1-3-7-4/h8H,1-7H2;6H,1-5H2;1-3H. The molecule has 6 heteroatoms. The summed E-state index contributed by atoms with van der Waals surface area (Å²) >= 11 is 5.32. The molecule has 4 N–H and O–H groups in total. The van der Waals surface area contributed by atoms with E-state index in [0.29, 0.717) is 11.9 Å². The highest BCUT2D eigenvalue weighted by molar-refractivity contribution is 6.28. The zero-order valence-corrected chi connectivity index (χ0v) is 13.6. The fourth-order valence-electron chi connectivity index (χ4n) is 1.69. The van der Waals surface area contributed by atoms with E-state index in [1.807, 2.05) is 0 Å². The molecule has 1 aromatic rings. The lowest BCUT2D eigenvalue weighted by Gasteiger charge is -2.08. The molecule has 0 aliphatic carbocycles. The third-order valence-electron chi connectivity index (χ3n) is 2.85. The highest BCUT2D eigenvalue weighted by Gasteiger charge is 1.93. The van der Waals surface area contributed by atoms with Gasteiger partial charge < -0.3 is 16.2 Å². The first-order valence-electron chi connectivity index (χ1n) is 7.75. The Morgan fingerprint density at radius 3 is 2.00 bits per heavy atom. The molecule has 1 aliphatic rings. The van der Waals surface area contributed by atoms with Crippen molar-refractivity contribution < 1.29 is 5.11 Å². The van der Waals surface area contributed by atoms with Crippen molar-refractivity contribution in [1.29, 1.82) is 0 Å². The van der Waals surface area contributed by atoms with Gasteiger partial charge in [-0.2, -0.15) is 0 Å². The molecule has 2 rings (SSSR count). The number of aromatic nitrogens is 2. The lowest BCUT2D eigenvalue weighted by Crippen LogP contribution is -2.21. The second-order valence-corrected chi connectivity index (χ2v) is 5.09. The van der Waals surface area contributed by atoms with E-state index in [4.69, 9.17) is 22.4 Å². The molecule has 0 saturated carbocycles. The van der Waals surface area contributed by atoms with Gasteiger partial charge in [-0.3, -0.25) is 0 Å². The molecule has 0 spiro atoms. The van der Waals surface area contributed by atoms with Gasteiger partial charge in [0.1, 0.15) is 0 Å². The number of aliphatic hydroxyl groups excluding tert-OH is 1. The van der Waals surface area contributed by atoms with Crippen molar-refractivity contribution in [3.05, 3.63) is 23.7 Å². The average Bonchev–Trinajstić information content (AvgIpc) is 2.55. The molecule has 1 aliphatic heterocycles. The maximum Gasteiger partial charge on any atom is 0.222 e. The van der Waals surface area contributed by atoms with Crippen molar-refractivity contribution >= 4 is 11.6 Å². The minimum Gasteiger partial charge on any atom is -0.396 e. The first-order valence-corrected chi connectivity index (χ1v) is 8.13. The molecule has 0 unspecified atom stereocenters. The van der Waals surface area contributed by atoms with Gasteiger partial charge in [-0.05, 0) is 63.0 Å². The molecular formula is C15H29ClN4O. The third kappa shape index (κ3) is 17.2. The van der Waals surface area contributed by atoms with Crippen molar-refractivity contribution in [3.63, 3.8) is 0 Å². The van der Waals surface area contributed by atoms with Crippen LogP contribution >= 0.6 is 11.6 Å². The van der Waals surface area contributed by atoms with E-state index in [1.165, 1.54) is 32.4 Å². The van der Waals surface area contributed by atoms with Crippen LogP contribution in [0.4, 0.5) is 0 Å². The fourth-order valence-corrected chi connectivity index (χ4v) is 1.81. The molecule has 1 aromatic heterocycles. The Kier molecular flexibility index (Phi) is 16.7. The van der Waals surface area contributed by atoms with Gasteiger partial charge >= 0.3 is 0 Å². The van der Waals surface area contributed by atoms with Crippen LogP contribution in [0.1, 0.15) is 44.9 Å². The van der Waals surface area contributed by atoms with Crippen LogP contribution in [-0.2, 0) is 0 Å². The molecule has 122 valence electrons. The van der Waals surface area contributed by atoms with Crippen LogP contribution in [0.25, 0.3) is 0 Å². The van der Waals surface area contributed by atoms with Crippen LogP contribution in [0, 0.1) is 0 Å². The van der Waals surface area contributed by atoms with Crippen LogP contribution in [-0.4, -0.2) is 41.3 Å². The summed E-state index contributed by atoms with van der Waals surface area (Å²) in [7, 11) is 0. The molecule has 0 atom stereocenters. The van der Waals surface area contributed by atoms with Gasteiger partial charge in [-0.15, -0.1) is 0 Å². The van der Waals surface area contributed by atoms with Gasteiger partial charge in [0.2, 0.25) is 5.28 Å². The first-order chi connectivity index (χ1) is 10.3. The Hall–Kier alpha value is -0.750. The molecule has 0 amide bonds. The highest BCUT2D eigenvalue weighted by Crippen LogP contribution is 1.96. The number of piperidine rings is 1. The molecule has 5 nitrogen and oxygen atoms in total. The van der Waals surface area contributed by atoms with Gasteiger partial charge in [0.25, 0.3) is 0 Å². The number of unbranched alkanes of at least 4 members (excludes halogenated alkanes) is 3. The van der Waals surface area contributed by atoms with Crippen LogP contribution < -0.4 is 11.1 Å². The third-order valence-corrected chi connectivity index (χ3v) is 3.05. The van der Waals surface area contributed by atoms with E-state index in [2.05, 4.69) is 15.3 Å². The highest BCUT2D eigenvalue weighted by atomic mass is 35.5. The number of hydrogen-bond acceptors (Lipinski definition) is 5. The maximum atomic E-state index is 8.33. The minimum absolute atomic E-state index is 0.294. The second kappa shape index (κ2) is 17.3. The van der Waals surface area contributed by atoms with Gasteiger partial charge in [0.15, 0.2) is 0 Å². The van der Waals surface area contributed by atoms with Crippen molar-refractivity contribution in [3.8, 4) is 0 Å². The first kappa shape index (κ1) is 20.2. The monoisotopic (exact) mass is 316 g/mol. The number of nitrogens with one attached hydrogen (secondary N) is 1. The lowest BCUT2D eigenvalue weighted by atomic mass is 10.2. The second-order valence-electron chi connectivity index (χ2n) is 4.75. The van der Waals surface area contributed by atoms with Crippen LogP contribution in [0.15, 0.2) is 18.5 Å². The van der Waals surface area contributed by atoms with Gasteiger partial charge in [-0.25, -0.2) is 9.97 Å². The van der Waals surface area contributed by atoms with Gasteiger partial charge in [0, 0.05) is 19.0 Å². The Morgan fingerprint density at radius 1 is 1.05 bits per heavy atom. The number of nitrogens with two attached hydrogens (primary N) is 1. The molecule has 2 heterocycles. The molecule has 0 radical (unpaired) electrons. The molecule has 0 aromatic carbocycles. The van der Waals surface area contributed by atoms with E-state index < -0.39 is 0 Å². The maximum absolute atomic E-state index is 8.33. The topological polar surface area (TPSA) is 84.1 Å². The van der Waals surface area contributed by atoms with Gasteiger partial charge in [-0.1, -0.05) is 19.3 Å². The summed E-state index contributed by atoms with van der Waals surface area (Å²) in [6, 6.07) is 1.71. The summed E-state index contributed by atoms with van der Waals surface area (Å²) in [5.41, 5.74) is 5.25. The predicted molar refractivity (Wildman–Crippen MR) is 88.4 cm³/mol.